The zero-order chi connectivity index (χ0) is 18.7. The van der Waals surface area contributed by atoms with E-state index in [-0.39, 0.29) is 18.2 Å². The molecule has 0 radical (unpaired) electrons. The molecule has 1 unspecified atom stereocenters. The largest absolute Gasteiger partial charge is 0.481 e. The van der Waals surface area contributed by atoms with Gasteiger partial charge < -0.3 is 10.4 Å². The van der Waals surface area contributed by atoms with Crippen molar-refractivity contribution in [3.8, 4) is 5.69 Å². The Balaban J connectivity index is 2.40. The van der Waals surface area contributed by atoms with Crippen LogP contribution in [0.15, 0.2) is 18.2 Å². The van der Waals surface area contributed by atoms with Gasteiger partial charge in [0.05, 0.1) is 16.5 Å². The van der Waals surface area contributed by atoms with Crippen molar-refractivity contribution in [3.05, 3.63) is 39.9 Å². The van der Waals surface area contributed by atoms with Gasteiger partial charge in [-0.15, -0.1) is 5.10 Å². The highest BCUT2D eigenvalue weighted by molar-refractivity contribution is 6.37. The van der Waals surface area contributed by atoms with Gasteiger partial charge in [-0.25, -0.2) is 9.67 Å². The molecule has 1 heterocycles. The summed E-state index contributed by atoms with van der Waals surface area (Å²) in [5.41, 5.74) is 0.444. The number of benzene rings is 1. The van der Waals surface area contributed by atoms with Crippen molar-refractivity contribution < 1.29 is 14.7 Å². The zero-order valence-electron chi connectivity index (χ0n) is 14.0. The van der Waals surface area contributed by atoms with Crippen molar-refractivity contribution >= 4 is 35.1 Å². The van der Waals surface area contributed by atoms with E-state index < -0.39 is 17.9 Å². The number of carboxylic acid groups (broad SMARTS) is 1. The van der Waals surface area contributed by atoms with E-state index in [4.69, 9.17) is 28.3 Å². The summed E-state index contributed by atoms with van der Waals surface area (Å²) >= 11 is 12.5. The van der Waals surface area contributed by atoms with Gasteiger partial charge in [0.25, 0.3) is 5.91 Å². The number of nitrogens with zero attached hydrogens (tertiary/aromatic N) is 3. The van der Waals surface area contributed by atoms with Crippen LogP contribution in [-0.2, 0) is 4.79 Å². The highest BCUT2D eigenvalue weighted by atomic mass is 35.5. The number of carboxylic acids is 1. The van der Waals surface area contributed by atoms with Gasteiger partial charge in [-0.05, 0) is 19.1 Å². The van der Waals surface area contributed by atoms with Crippen LogP contribution in [0.5, 0.6) is 0 Å². The molecule has 0 aliphatic heterocycles. The van der Waals surface area contributed by atoms with E-state index in [0.717, 1.165) is 0 Å². The molecule has 0 fully saturated rings. The van der Waals surface area contributed by atoms with Crippen molar-refractivity contribution in [1.29, 1.82) is 0 Å². The second-order valence-electron chi connectivity index (χ2n) is 5.90. The van der Waals surface area contributed by atoms with Gasteiger partial charge in [0.1, 0.15) is 11.5 Å². The molecule has 0 aliphatic carbocycles. The van der Waals surface area contributed by atoms with E-state index in [1.165, 1.54) is 4.68 Å². The van der Waals surface area contributed by atoms with Crippen LogP contribution in [0.2, 0.25) is 10.0 Å². The van der Waals surface area contributed by atoms with E-state index >= 15 is 0 Å². The number of hydrogen-bond donors (Lipinski definition) is 2. The van der Waals surface area contributed by atoms with Gasteiger partial charge in [-0.2, -0.15) is 0 Å². The molecule has 134 valence electrons. The Hall–Kier alpha value is -2.12. The first-order valence-electron chi connectivity index (χ1n) is 7.64. The molecule has 2 N–H and O–H groups in total. The van der Waals surface area contributed by atoms with Gasteiger partial charge in [-0.1, -0.05) is 43.1 Å². The zero-order valence-corrected chi connectivity index (χ0v) is 15.5. The average Bonchev–Trinajstić information content (AvgIpc) is 2.91. The molecular weight excluding hydrogens is 367 g/mol. The number of aliphatic carboxylic acids is 1. The van der Waals surface area contributed by atoms with Crippen molar-refractivity contribution in [1.82, 2.24) is 20.1 Å². The number of hydrogen-bond acceptors (Lipinski definition) is 4. The topological polar surface area (TPSA) is 97.1 Å². The number of rotatable bonds is 6. The van der Waals surface area contributed by atoms with E-state index in [2.05, 4.69) is 15.4 Å². The molecule has 0 spiro atoms. The van der Waals surface area contributed by atoms with Crippen LogP contribution >= 0.6 is 23.2 Å². The van der Waals surface area contributed by atoms with Crippen LogP contribution in [0.1, 0.15) is 49.6 Å². The fourth-order valence-electron chi connectivity index (χ4n) is 2.25. The number of halogens is 2. The highest BCUT2D eigenvalue weighted by Gasteiger charge is 2.23. The van der Waals surface area contributed by atoms with Gasteiger partial charge in [0.15, 0.2) is 0 Å². The van der Waals surface area contributed by atoms with Crippen LogP contribution in [0.25, 0.3) is 5.69 Å². The summed E-state index contributed by atoms with van der Waals surface area (Å²) in [5, 5.41) is 16.3. The normalized spacial score (nSPS) is 12.2. The van der Waals surface area contributed by atoms with Gasteiger partial charge >= 0.3 is 5.97 Å². The van der Waals surface area contributed by atoms with Gasteiger partial charge in [0, 0.05) is 12.0 Å². The lowest BCUT2D eigenvalue weighted by Gasteiger charge is -2.11. The summed E-state index contributed by atoms with van der Waals surface area (Å²) in [6.07, 6.45) is -0.195. The van der Waals surface area contributed by atoms with Crippen molar-refractivity contribution in [2.24, 2.45) is 0 Å². The van der Waals surface area contributed by atoms with E-state index in [1.807, 2.05) is 13.8 Å². The first-order valence-corrected chi connectivity index (χ1v) is 8.40. The summed E-state index contributed by atoms with van der Waals surface area (Å²) in [6, 6.07) is 4.50. The molecule has 1 aromatic carbocycles. The molecule has 1 atom stereocenters. The molecule has 1 amide bonds. The lowest BCUT2D eigenvalue weighted by molar-refractivity contribution is -0.137. The predicted molar refractivity (Wildman–Crippen MR) is 94.6 cm³/mol. The summed E-state index contributed by atoms with van der Waals surface area (Å²) in [5.74, 6) is -1.16. The molecular formula is C16H18Cl2N4O3. The second-order valence-corrected chi connectivity index (χ2v) is 6.72. The fraction of sp³-hybridized carbons (Fsp3) is 0.375. The van der Waals surface area contributed by atoms with Crippen LogP contribution < -0.4 is 5.32 Å². The summed E-state index contributed by atoms with van der Waals surface area (Å²) < 4.78 is 1.45. The minimum atomic E-state index is -1.00. The fourth-order valence-corrected chi connectivity index (χ4v) is 2.81. The number of nitrogens with one attached hydrogen (secondary N) is 1. The van der Waals surface area contributed by atoms with Crippen LogP contribution in [0.4, 0.5) is 0 Å². The van der Waals surface area contributed by atoms with Crippen LogP contribution in [0.3, 0.4) is 0 Å². The Morgan fingerprint density at radius 2 is 1.84 bits per heavy atom. The minimum absolute atomic E-state index is 0.0437. The Kier molecular flexibility index (Phi) is 6.02. The third kappa shape index (κ3) is 4.49. The molecule has 0 bridgehead atoms. The monoisotopic (exact) mass is 384 g/mol. The molecule has 9 heteroatoms. The number of carbonyl (C=O) groups excluding carboxylic acids is 1. The van der Waals surface area contributed by atoms with Crippen molar-refractivity contribution in [2.75, 3.05) is 0 Å². The summed E-state index contributed by atoms with van der Waals surface area (Å²) in [4.78, 5) is 27.3. The van der Waals surface area contributed by atoms with Gasteiger partial charge in [0.2, 0.25) is 5.82 Å². The molecule has 0 saturated heterocycles. The quantitative estimate of drug-likeness (QED) is 0.795. The van der Waals surface area contributed by atoms with Crippen molar-refractivity contribution in [2.45, 2.75) is 39.2 Å². The number of carbonyl (C=O) groups is 2. The number of para-hydroxylation sites is 1. The molecule has 0 aliphatic rings. The Morgan fingerprint density at radius 1 is 1.24 bits per heavy atom. The summed E-state index contributed by atoms with van der Waals surface area (Å²) in [7, 11) is 0. The van der Waals surface area contributed by atoms with E-state index in [1.54, 1.807) is 25.1 Å². The first kappa shape index (κ1) is 19.2. The molecule has 25 heavy (non-hydrogen) atoms. The Morgan fingerprint density at radius 3 is 2.36 bits per heavy atom. The van der Waals surface area contributed by atoms with Gasteiger partial charge in [-0.3, -0.25) is 9.59 Å². The Labute approximate surface area is 155 Å². The third-order valence-corrected chi connectivity index (χ3v) is 3.97. The highest BCUT2D eigenvalue weighted by Crippen LogP contribution is 2.30. The molecule has 2 aromatic rings. The SMILES string of the molecule is CC(CC(=O)O)NC(=O)c1nc(C(C)C)n(-c2c(Cl)cccc2Cl)n1. The maximum Gasteiger partial charge on any atom is 0.305 e. The predicted octanol–water partition coefficient (Wildman–Crippen LogP) is 3.29. The molecule has 2 rings (SSSR count). The van der Waals surface area contributed by atoms with E-state index in [9.17, 15) is 9.59 Å². The standard InChI is InChI=1S/C16H18Cl2N4O3/c1-8(2)15-20-14(16(25)19-9(3)7-12(23)24)21-22(15)13-10(17)5-4-6-11(13)18/h4-6,8-9H,7H2,1-3H3,(H,19,25)(H,23,24). The molecule has 7 nitrogen and oxygen atoms in total. The number of amides is 1. The summed E-state index contributed by atoms with van der Waals surface area (Å²) in [6.45, 7) is 5.40. The first-order chi connectivity index (χ1) is 11.7. The Bertz CT molecular complexity index is 784. The van der Waals surface area contributed by atoms with Crippen molar-refractivity contribution in [3.63, 3.8) is 0 Å². The lowest BCUT2D eigenvalue weighted by Crippen LogP contribution is -2.34. The maximum atomic E-state index is 12.3. The second kappa shape index (κ2) is 7.84. The minimum Gasteiger partial charge on any atom is -0.481 e. The number of aromatic nitrogens is 3. The maximum absolute atomic E-state index is 12.3. The average molecular weight is 385 g/mol. The van der Waals surface area contributed by atoms with Crippen LogP contribution in [-0.4, -0.2) is 37.8 Å². The van der Waals surface area contributed by atoms with E-state index in [0.29, 0.717) is 21.6 Å². The third-order valence-electron chi connectivity index (χ3n) is 3.36. The molecule has 1 aromatic heterocycles. The molecule has 0 saturated carbocycles. The smallest absolute Gasteiger partial charge is 0.305 e. The van der Waals surface area contributed by atoms with Crippen LogP contribution in [0, 0.1) is 0 Å². The lowest BCUT2D eigenvalue weighted by atomic mass is 10.2.